The maximum absolute atomic E-state index is 10.1. The number of benzene rings is 1. The number of hydrogen-bond acceptors (Lipinski definition) is 2. The fourth-order valence-corrected chi connectivity index (χ4v) is 2.03. The van der Waals surface area contributed by atoms with E-state index in [1.165, 1.54) is 0 Å². The van der Waals surface area contributed by atoms with E-state index in [0.717, 1.165) is 16.7 Å². The summed E-state index contributed by atoms with van der Waals surface area (Å²) in [5.74, 6) is 0.489. The number of aliphatic hydroxyl groups is 1. The molecule has 0 saturated heterocycles. The number of halogens is 1. The van der Waals surface area contributed by atoms with Crippen LogP contribution in [0.4, 0.5) is 0 Å². The van der Waals surface area contributed by atoms with E-state index >= 15 is 0 Å². The molecule has 2 nitrogen and oxygen atoms in total. The molecule has 90 valence electrons. The van der Waals surface area contributed by atoms with Crippen molar-refractivity contribution in [2.24, 2.45) is 0 Å². The average Bonchev–Trinajstić information content (AvgIpc) is 2.17. The van der Waals surface area contributed by atoms with Gasteiger partial charge in [0.15, 0.2) is 0 Å². The highest BCUT2D eigenvalue weighted by atomic mass is 35.5. The lowest BCUT2D eigenvalue weighted by atomic mass is 9.93. The van der Waals surface area contributed by atoms with Gasteiger partial charge in [-0.1, -0.05) is 25.4 Å². The van der Waals surface area contributed by atoms with Crippen molar-refractivity contribution < 1.29 is 10.2 Å². The third-order valence-electron chi connectivity index (χ3n) is 2.77. The third-order valence-corrected chi connectivity index (χ3v) is 3.17. The summed E-state index contributed by atoms with van der Waals surface area (Å²) in [7, 11) is 0. The second-order valence-electron chi connectivity index (χ2n) is 4.61. The summed E-state index contributed by atoms with van der Waals surface area (Å²) >= 11 is 6.13. The first-order chi connectivity index (χ1) is 7.34. The molecule has 1 unspecified atom stereocenters. The van der Waals surface area contributed by atoms with E-state index < -0.39 is 6.10 Å². The van der Waals surface area contributed by atoms with Crippen molar-refractivity contribution in [1.29, 1.82) is 0 Å². The van der Waals surface area contributed by atoms with Gasteiger partial charge in [-0.3, -0.25) is 0 Å². The molecule has 0 heterocycles. The maximum Gasteiger partial charge on any atom is 0.122 e. The molecule has 0 spiro atoms. The largest absolute Gasteiger partial charge is 0.507 e. The summed E-state index contributed by atoms with van der Waals surface area (Å²) in [6.45, 7) is 7.58. The van der Waals surface area contributed by atoms with Crippen LogP contribution in [0.3, 0.4) is 0 Å². The predicted octanol–water partition coefficient (Wildman–Crippen LogP) is 3.40. The van der Waals surface area contributed by atoms with Crippen molar-refractivity contribution in [3.05, 3.63) is 27.8 Å². The smallest absolute Gasteiger partial charge is 0.122 e. The minimum atomic E-state index is -0.483. The van der Waals surface area contributed by atoms with Gasteiger partial charge in [0, 0.05) is 17.0 Å². The molecule has 0 aromatic heterocycles. The standard InChI is InChI=1S/C13H19ClO2/c1-7(2)10-6-12(14)9(4)11(13(10)16)5-8(3)15/h6-8,15-16H,5H2,1-4H3. The topological polar surface area (TPSA) is 40.5 Å². The summed E-state index contributed by atoms with van der Waals surface area (Å²) in [4.78, 5) is 0. The van der Waals surface area contributed by atoms with Crippen molar-refractivity contribution >= 4 is 11.6 Å². The van der Waals surface area contributed by atoms with E-state index in [4.69, 9.17) is 11.6 Å². The van der Waals surface area contributed by atoms with Crippen LogP contribution in [-0.2, 0) is 6.42 Å². The molecule has 1 atom stereocenters. The highest BCUT2D eigenvalue weighted by molar-refractivity contribution is 6.31. The summed E-state index contributed by atoms with van der Waals surface area (Å²) in [6, 6.07) is 1.81. The molecule has 0 aliphatic rings. The molecule has 2 N–H and O–H groups in total. The van der Waals surface area contributed by atoms with Gasteiger partial charge < -0.3 is 10.2 Å². The zero-order valence-electron chi connectivity index (χ0n) is 10.2. The number of hydrogen-bond donors (Lipinski definition) is 2. The molecule has 1 aromatic carbocycles. The molecular weight excluding hydrogens is 224 g/mol. The van der Waals surface area contributed by atoms with E-state index in [1.807, 2.05) is 26.8 Å². The molecule has 1 aromatic rings. The normalized spacial score (nSPS) is 13.2. The minimum absolute atomic E-state index is 0.214. The Kier molecular flexibility index (Phi) is 4.22. The zero-order valence-corrected chi connectivity index (χ0v) is 11.0. The van der Waals surface area contributed by atoms with Gasteiger partial charge in [-0.05, 0) is 37.0 Å². The summed E-state index contributed by atoms with van der Waals surface area (Å²) in [5.41, 5.74) is 2.45. The van der Waals surface area contributed by atoms with Gasteiger partial charge in [0.05, 0.1) is 6.10 Å². The fraction of sp³-hybridized carbons (Fsp3) is 0.538. The van der Waals surface area contributed by atoms with Gasteiger partial charge in [-0.25, -0.2) is 0 Å². The monoisotopic (exact) mass is 242 g/mol. The summed E-state index contributed by atoms with van der Waals surface area (Å²) in [5, 5.41) is 20.2. The molecule has 0 bridgehead atoms. The lowest BCUT2D eigenvalue weighted by Crippen LogP contribution is -2.07. The second kappa shape index (κ2) is 5.07. The molecular formula is C13H19ClO2. The molecule has 0 fully saturated rings. The van der Waals surface area contributed by atoms with E-state index in [0.29, 0.717) is 11.4 Å². The Morgan fingerprint density at radius 3 is 2.31 bits per heavy atom. The molecule has 16 heavy (non-hydrogen) atoms. The second-order valence-corrected chi connectivity index (χ2v) is 5.01. The third kappa shape index (κ3) is 2.69. The highest BCUT2D eigenvalue weighted by Gasteiger charge is 2.17. The molecule has 0 aliphatic carbocycles. The Hall–Kier alpha value is -0.730. The first-order valence-corrected chi connectivity index (χ1v) is 5.91. The summed E-state index contributed by atoms with van der Waals surface area (Å²) < 4.78 is 0. The van der Waals surface area contributed by atoms with E-state index in [-0.39, 0.29) is 11.7 Å². The Bertz CT molecular complexity index is 384. The lowest BCUT2D eigenvalue weighted by Gasteiger charge is -2.17. The van der Waals surface area contributed by atoms with Gasteiger partial charge in [0.25, 0.3) is 0 Å². The molecule has 3 heteroatoms. The van der Waals surface area contributed by atoms with E-state index in [9.17, 15) is 10.2 Å². The van der Waals surface area contributed by atoms with Crippen molar-refractivity contribution in [3.63, 3.8) is 0 Å². The van der Waals surface area contributed by atoms with Crippen LogP contribution in [0.2, 0.25) is 5.02 Å². The molecule has 0 amide bonds. The number of phenolic OH excluding ortho intramolecular Hbond substituents is 1. The lowest BCUT2D eigenvalue weighted by molar-refractivity contribution is 0.194. The maximum atomic E-state index is 10.1. The van der Waals surface area contributed by atoms with Crippen molar-refractivity contribution in [3.8, 4) is 5.75 Å². The Balaban J connectivity index is 3.33. The SMILES string of the molecule is Cc1c(Cl)cc(C(C)C)c(O)c1CC(C)O. The van der Waals surface area contributed by atoms with Gasteiger partial charge in [-0.15, -0.1) is 0 Å². The number of rotatable bonds is 3. The van der Waals surface area contributed by atoms with Crippen LogP contribution < -0.4 is 0 Å². The average molecular weight is 243 g/mol. The molecule has 1 rings (SSSR count). The van der Waals surface area contributed by atoms with Gasteiger partial charge in [0.2, 0.25) is 0 Å². The fourth-order valence-electron chi connectivity index (χ4n) is 1.79. The minimum Gasteiger partial charge on any atom is -0.507 e. The van der Waals surface area contributed by atoms with Gasteiger partial charge in [0.1, 0.15) is 5.75 Å². The van der Waals surface area contributed by atoms with Crippen LogP contribution in [0, 0.1) is 6.92 Å². The molecule has 0 radical (unpaired) electrons. The van der Waals surface area contributed by atoms with Crippen molar-refractivity contribution in [2.45, 2.75) is 46.1 Å². The van der Waals surface area contributed by atoms with Crippen LogP contribution in [0.15, 0.2) is 6.07 Å². The highest BCUT2D eigenvalue weighted by Crippen LogP contribution is 2.36. The zero-order chi connectivity index (χ0) is 12.5. The van der Waals surface area contributed by atoms with Gasteiger partial charge in [-0.2, -0.15) is 0 Å². The number of aromatic hydroxyl groups is 1. The first-order valence-electron chi connectivity index (χ1n) is 5.53. The van der Waals surface area contributed by atoms with Crippen LogP contribution in [0.1, 0.15) is 43.4 Å². The predicted molar refractivity (Wildman–Crippen MR) is 67.3 cm³/mol. The van der Waals surface area contributed by atoms with E-state index in [2.05, 4.69) is 0 Å². The molecule has 0 saturated carbocycles. The Labute approximate surface area is 102 Å². The van der Waals surface area contributed by atoms with Crippen LogP contribution in [0.5, 0.6) is 5.75 Å². The first kappa shape index (κ1) is 13.3. The number of phenols is 1. The van der Waals surface area contributed by atoms with Gasteiger partial charge >= 0.3 is 0 Å². The molecule has 0 aliphatic heterocycles. The van der Waals surface area contributed by atoms with Crippen molar-refractivity contribution in [2.75, 3.05) is 0 Å². The quantitative estimate of drug-likeness (QED) is 0.853. The Morgan fingerprint density at radius 1 is 1.31 bits per heavy atom. The van der Waals surface area contributed by atoms with E-state index in [1.54, 1.807) is 6.92 Å². The Morgan fingerprint density at radius 2 is 1.88 bits per heavy atom. The van der Waals surface area contributed by atoms with Crippen molar-refractivity contribution in [1.82, 2.24) is 0 Å². The van der Waals surface area contributed by atoms with Crippen LogP contribution in [-0.4, -0.2) is 16.3 Å². The summed E-state index contributed by atoms with van der Waals surface area (Å²) in [6.07, 6.45) is -0.0547. The van der Waals surface area contributed by atoms with Crippen LogP contribution >= 0.6 is 11.6 Å². The van der Waals surface area contributed by atoms with Crippen LogP contribution in [0.25, 0.3) is 0 Å². The number of aliphatic hydroxyl groups excluding tert-OH is 1.